The molecule has 1 saturated carbocycles. The van der Waals surface area contributed by atoms with Crippen molar-refractivity contribution < 1.29 is 4.74 Å². The monoisotopic (exact) mass is 184 g/mol. The first-order chi connectivity index (χ1) is 6.29. The molecule has 2 rings (SSSR count). The first kappa shape index (κ1) is 9.44. The normalized spacial score (nSPS) is 35.5. The number of methoxy groups -OCH3 is 1. The smallest absolute Gasteiger partial charge is 0.0829 e. The Morgan fingerprint density at radius 3 is 2.85 bits per heavy atom. The second-order valence-electron chi connectivity index (χ2n) is 4.38. The molecule has 2 fully saturated rings. The van der Waals surface area contributed by atoms with Crippen molar-refractivity contribution in [2.75, 3.05) is 26.7 Å². The largest absolute Gasteiger partial charge is 0.377 e. The van der Waals surface area contributed by atoms with Gasteiger partial charge < -0.3 is 10.5 Å². The van der Waals surface area contributed by atoms with Crippen LogP contribution in [-0.4, -0.2) is 43.3 Å². The predicted molar refractivity (Wildman–Crippen MR) is 52.6 cm³/mol. The maximum Gasteiger partial charge on any atom is 0.0829 e. The number of likely N-dealkylation sites (tertiary alicyclic amines) is 1. The van der Waals surface area contributed by atoms with Gasteiger partial charge in [0, 0.05) is 26.2 Å². The lowest BCUT2D eigenvalue weighted by molar-refractivity contribution is -0.00693. The summed E-state index contributed by atoms with van der Waals surface area (Å²) in [4.78, 5) is 2.57. The van der Waals surface area contributed by atoms with Crippen molar-refractivity contribution in [1.82, 2.24) is 4.90 Å². The standard InChI is InChI=1S/C10H20N2O/c1-13-10(4-6-11)5-7-12(8-10)9-2-3-9/h9H,2-8,11H2,1H3. The Labute approximate surface area is 80.2 Å². The zero-order chi connectivity index (χ0) is 9.31. The van der Waals surface area contributed by atoms with Crippen LogP contribution in [0.5, 0.6) is 0 Å². The van der Waals surface area contributed by atoms with Crippen molar-refractivity contribution in [2.24, 2.45) is 5.73 Å². The summed E-state index contributed by atoms with van der Waals surface area (Å²) in [5.74, 6) is 0. The third-order valence-corrected chi connectivity index (χ3v) is 3.44. The molecule has 2 N–H and O–H groups in total. The van der Waals surface area contributed by atoms with Crippen LogP contribution in [0.4, 0.5) is 0 Å². The average Bonchev–Trinajstić information content (AvgIpc) is 2.90. The lowest BCUT2D eigenvalue weighted by Gasteiger charge is -2.27. The highest BCUT2D eigenvalue weighted by Gasteiger charge is 2.42. The van der Waals surface area contributed by atoms with Gasteiger partial charge in [-0.15, -0.1) is 0 Å². The summed E-state index contributed by atoms with van der Waals surface area (Å²) in [7, 11) is 1.83. The molecule has 3 heteroatoms. The summed E-state index contributed by atoms with van der Waals surface area (Å²) in [6.45, 7) is 3.05. The van der Waals surface area contributed by atoms with Crippen LogP contribution in [0, 0.1) is 0 Å². The summed E-state index contributed by atoms with van der Waals surface area (Å²) >= 11 is 0. The minimum atomic E-state index is 0.0807. The second kappa shape index (κ2) is 3.56. The molecule has 1 saturated heterocycles. The minimum Gasteiger partial charge on any atom is -0.377 e. The molecule has 0 aromatic heterocycles. The van der Waals surface area contributed by atoms with E-state index in [2.05, 4.69) is 4.90 Å². The summed E-state index contributed by atoms with van der Waals surface area (Å²) in [6, 6.07) is 0.870. The minimum absolute atomic E-state index is 0.0807. The zero-order valence-corrected chi connectivity index (χ0v) is 8.46. The van der Waals surface area contributed by atoms with E-state index in [9.17, 15) is 0 Å². The van der Waals surface area contributed by atoms with Crippen LogP contribution in [0.25, 0.3) is 0 Å². The third-order valence-electron chi connectivity index (χ3n) is 3.44. The van der Waals surface area contributed by atoms with E-state index in [1.54, 1.807) is 0 Å². The Morgan fingerprint density at radius 1 is 1.54 bits per heavy atom. The number of hydrogen-bond donors (Lipinski definition) is 1. The van der Waals surface area contributed by atoms with Crippen LogP contribution < -0.4 is 5.73 Å². The molecular weight excluding hydrogens is 164 g/mol. The Balaban J connectivity index is 1.91. The molecule has 1 heterocycles. The molecular formula is C10H20N2O. The summed E-state index contributed by atoms with van der Waals surface area (Å²) < 4.78 is 5.63. The van der Waals surface area contributed by atoms with Crippen LogP contribution in [0.2, 0.25) is 0 Å². The molecule has 0 radical (unpaired) electrons. The van der Waals surface area contributed by atoms with Crippen LogP contribution in [-0.2, 0) is 4.74 Å². The second-order valence-corrected chi connectivity index (χ2v) is 4.38. The number of hydrogen-bond acceptors (Lipinski definition) is 3. The van der Waals surface area contributed by atoms with E-state index in [0.717, 1.165) is 32.0 Å². The predicted octanol–water partition coefficient (Wildman–Crippen LogP) is 0.588. The highest BCUT2D eigenvalue weighted by atomic mass is 16.5. The highest BCUT2D eigenvalue weighted by molar-refractivity contribution is 4.97. The molecule has 2 aliphatic rings. The Bertz CT molecular complexity index is 182. The molecule has 3 nitrogen and oxygen atoms in total. The van der Waals surface area contributed by atoms with Gasteiger partial charge >= 0.3 is 0 Å². The van der Waals surface area contributed by atoms with Crippen molar-refractivity contribution in [3.05, 3.63) is 0 Å². The molecule has 0 aromatic carbocycles. The summed E-state index contributed by atoms with van der Waals surface area (Å²) in [5, 5.41) is 0. The molecule has 13 heavy (non-hydrogen) atoms. The molecule has 1 unspecified atom stereocenters. The van der Waals surface area contributed by atoms with E-state index in [1.165, 1.54) is 19.4 Å². The van der Waals surface area contributed by atoms with Crippen LogP contribution in [0.3, 0.4) is 0 Å². The fourth-order valence-electron chi connectivity index (χ4n) is 2.36. The van der Waals surface area contributed by atoms with Crippen LogP contribution >= 0.6 is 0 Å². The maximum atomic E-state index is 5.63. The van der Waals surface area contributed by atoms with Crippen molar-refractivity contribution >= 4 is 0 Å². The molecule has 0 spiro atoms. The van der Waals surface area contributed by atoms with Gasteiger partial charge in [0.25, 0.3) is 0 Å². The van der Waals surface area contributed by atoms with Gasteiger partial charge in [-0.2, -0.15) is 0 Å². The van der Waals surface area contributed by atoms with Crippen LogP contribution in [0.15, 0.2) is 0 Å². The first-order valence-corrected chi connectivity index (χ1v) is 5.29. The van der Waals surface area contributed by atoms with Crippen molar-refractivity contribution in [2.45, 2.75) is 37.3 Å². The first-order valence-electron chi connectivity index (χ1n) is 5.29. The Kier molecular flexibility index (Phi) is 2.58. The van der Waals surface area contributed by atoms with Gasteiger partial charge in [0.2, 0.25) is 0 Å². The third kappa shape index (κ3) is 1.87. The van der Waals surface area contributed by atoms with Gasteiger partial charge in [-0.1, -0.05) is 0 Å². The number of rotatable bonds is 4. The fraction of sp³-hybridized carbons (Fsp3) is 1.00. The molecule has 1 aliphatic carbocycles. The van der Waals surface area contributed by atoms with Crippen molar-refractivity contribution in [1.29, 1.82) is 0 Å². The maximum absolute atomic E-state index is 5.63. The van der Waals surface area contributed by atoms with Crippen molar-refractivity contribution in [3.63, 3.8) is 0 Å². The van der Waals surface area contributed by atoms with Crippen molar-refractivity contribution in [3.8, 4) is 0 Å². The topological polar surface area (TPSA) is 38.5 Å². The van der Waals surface area contributed by atoms with Gasteiger partial charge in [-0.05, 0) is 32.2 Å². The molecule has 1 atom stereocenters. The van der Waals surface area contributed by atoms with E-state index in [4.69, 9.17) is 10.5 Å². The average molecular weight is 184 g/mol. The van der Waals surface area contributed by atoms with E-state index < -0.39 is 0 Å². The van der Waals surface area contributed by atoms with E-state index in [0.29, 0.717) is 0 Å². The Morgan fingerprint density at radius 2 is 2.31 bits per heavy atom. The van der Waals surface area contributed by atoms with Gasteiger partial charge in [0.15, 0.2) is 0 Å². The van der Waals surface area contributed by atoms with Gasteiger partial charge in [-0.3, -0.25) is 4.90 Å². The summed E-state index contributed by atoms with van der Waals surface area (Å²) in [6.07, 6.45) is 4.95. The highest BCUT2D eigenvalue weighted by Crippen LogP contribution is 2.36. The molecule has 0 bridgehead atoms. The van der Waals surface area contributed by atoms with Gasteiger partial charge in [0.1, 0.15) is 0 Å². The van der Waals surface area contributed by atoms with Gasteiger partial charge in [-0.25, -0.2) is 0 Å². The van der Waals surface area contributed by atoms with Crippen LogP contribution in [0.1, 0.15) is 25.7 Å². The number of nitrogens with zero attached hydrogens (tertiary/aromatic N) is 1. The number of nitrogens with two attached hydrogens (primary N) is 1. The van der Waals surface area contributed by atoms with E-state index in [-0.39, 0.29) is 5.60 Å². The Hall–Kier alpha value is -0.120. The molecule has 1 aliphatic heterocycles. The lowest BCUT2D eigenvalue weighted by atomic mass is 9.99. The molecule has 76 valence electrons. The molecule has 0 aromatic rings. The number of ether oxygens (including phenoxy) is 1. The molecule has 0 amide bonds. The SMILES string of the molecule is COC1(CCN)CCN(C2CC2)C1. The zero-order valence-electron chi connectivity index (χ0n) is 8.46. The van der Waals surface area contributed by atoms with E-state index in [1.807, 2.05) is 7.11 Å². The quantitative estimate of drug-likeness (QED) is 0.695. The lowest BCUT2D eigenvalue weighted by Crippen LogP contribution is -2.38. The fourth-order valence-corrected chi connectivity index (χ4v) is 2.36. The van der Waals surface area contributed by atoms with E-state index >= 15 is 0 Å². The summed E-state index contributed by atoms with van der Waals surface area (Å²) in [5.41, 5.74) is 5.69. The van der Waals surface area contributed by atoms with Gasteiger partial charge in [0.05, 0.1) is 5.60 Å².